The maximum Gasteiger partial charge on any atom is 0.242 e. The Kier molecular flexibility index (Phi) is 5.60. The van der Waals surface area contributed by atoms with E-state index in [1.165, 1.54) is 4.90 Å². The van der Waals surface area contributed by atoms with Crippen LogP contribution in [0.4, 0.5) is 4.39 Å². The van der Waals surface area contributed by atoms with Crippen LogP contribution in [0.2, 0.25) is 0 Å². The van der Waals surface area contributed by atoms with Gasteiger partial charge in [0.25, 0.3) is 0 Å². The van der Waals surface area contributed by atoms with Gasteiger partial charge < -0.3 is 10.6 Å². The molecule has 1 aliphatic heterocycles. The fourth-order valence-corrected chi connectivity index (χ4v) is 3.46. The minimum atomic E-state index is -1.15. The van der Waals surface area contributed by atoms with Crippen LogP contribution < -0.4 is 5.73 Å². The average molecular weight is 336 g/mol. The number of carbonyl (C=O) groups is 1. The lowest BCUT2D eigenvalue weighted by Gasteiger charge is -2.33. The number of rotatable bonds is 5. The minimum Gasteiger partial charge on any atom is -0.322 e. The average Bonchev–Trinajstić information content (AvgIpc) is 2.93. The summed E-state index contributed by atoms with van der Waals surface area (Å²) >= 11 is 1.55. The summed E-state index contributed by atoms with van der Waals surface area (Å²) in [6, 6.07) is 4.28. The van der Waals surface area contributed by atoms with Crippen molar-refractivity contribution < 1.29 is 9.18 Å². The van der Waals surface area contributed by atoms with Crippen LogP contribution in [0.15, 0.2) is 24.5 Å². The van der Waals surface area contributed by atoms with Crippen LogP contribution in [-0.4, -0.2) is 45.3 Å². The molecule has 23 heavy (non-hydrogen) atoms. The van der Waals surface area contributed by atoms with Crippen molar-refractivity contribution in [2.45, 2.75) is 49.0 Å². The number of aromatic nitrogens is 1. The van der Waals surface area contributed by atoms with Crippen LogP contribution in [0.3, 0.4) is 0 Å². The van der Waals surface area contributed by atoms with Crippen molar-refractivity contribution in [3.05, 3.63) is 30.1 Å². The molecule has 0 aromatic carbocycles. The monoisotopic (exact) mass is 336 g/mol. The normalized spacial score (nSPS) is 22.7. The molecule has 1 aromatic heterocycles. The molecular weight excluding hydrogens is 315 g/mol. The van der Waals surface area contributed by atoms with Gasteiger partial charge in [0, 0.05) is 29.3 Å². The maximum absolute atomic E-state index is 13.5. The predicted molar refractivity (Wildman–Crippen MR) is 88.2 cm³/mol. The molecule has 3 atom stereocenters. The molecule has 1 aromatic rings. The molecule has 0 spiro atoms. The molecule has 0 radical (unpaired) electrons. The molecular formula is C16H21FN4OS. The second kappa shape index (κ2) is 7.28. The van der Waals surface area contributed by atoms with Crippen LogP contribution in [0.1, 0.15) is 25.8 Å². The van der Waals surface area contributed by atoms with Crippen molar-refractivity contribution in [2.75, 3.05) is 6.54 Å². The van der Waals surface area contributed by atoms with Gasteiger partial charge >= 0.3 is 0 Å². The first-order valence-electron chi connectivity index (χ1n) is 7.47. The molecule has 124 valence electrons. The van der Waals surface area contributed by atoms with Crippen molar-refractivity contribution in [1.82, 2.24) is 9.88 Å². The molecule has 1 aliphatic rings. The molecule has 7 heteroatoms. The van der Waals surface area contributed by atoms with E-state index in [0.717, 1.165) is 5.56 Å². The van der Waals surface area contributed by atoms with Gasteiger partial charge in [0.15, 0.2) is 0 Å². The van der Waals surface area contributed by atoms with Gasteiger partial charge in [-0.15, -0.1) is 11.8 Å². The lowest BCUT2D eigenvalue weighted by Crippen LogP contribution is -2.54. The number of halogens is 1. The first-order valence-corrected chi connectivity index (χ1v) is 8.46. The Morgan fingerprint density at radius 3 is 3.04 bits per heavy atom. The highest BCUT2D eigenvalue weighted by Crippen LogP contribution is 2.32. The van der Waals surface area contributed by atoms with E-state index in [-0.39, 0.29) is 18.9 Å². The molecule has 2 heterocycles. The van der Waals surface area contributed by atoms with Crippen molar-refractivity contribution in [3.63, 3.8) is 0 Å². The Balaban J connectivity index is 2.01. The number of nitrogens with zero attached hydrogens (tertiary/aromatic N) is 3. The van der Waals surface area contributed by atoms with Crippen molar-refractivity contribution >= 4 is 17.7 Å². The zero-order chi connectivity index (χ0) is 17.0. The number of hydrogen-bond donors (Lipinski definition) is 1. The lowest BCUT2D eigenvalue weighted by molar-refractivity contribution is -0.133. The van der Waals surface area contributed by atoms with Gasteiger partial charge in [-0.05, 0) is 25.5 Å². The van der Waals surface area contributed by atoms with Crippen LogP contribution >= 0.6 is 11.8 Å². The molecule has 0 saturated carbocycles. The first-order chi connectivity index (χ1) is 10.8. The van der Waals surface area contributed by atoms with Crippen LogP contribution in [-0.2, 0) is 10.5 Å². The highest BCUT2D eigenvalue weighted by atomic mass is 32.2. The molecule has 1 saturated heterocycles. The number of amides is 1. The van der Waals surface area contributed by atoms with E-state index in [9.17, 15) is 9.18 Å². The van der Waals surface area contributed by atoms with Crippen molar-refractivity contribution in [1.29, 1.82) is 5.26 Å². The summed E-state index contributed by atoms with van der Waals surface area (Å²) in [5.74, 6) is 0.315. The number of nitrogens with two attached hydrogens (primary N) is 1. The first kappa shape index (κ1) is 17.7. The summed E-state index contributed by atoms with van der Waals surface area (Å²) < 4.78 is 13.0. The van der Waals surface area contributed by atoms with Crippen LogP contribution in [0, 0.1) is 11.3 Å². The summed E-state index contributed by atoms with van der Waals surface area (Å²) in [4.78, 5) is 17.9. The summed E-state index contributed by atoms with van der Waals surface area (Å²) in [5.41, 5.74) is 7.19. The smallest absolute Gasteiger partial charge is 0.242 e. The topological polar surface area (TPSA) is 83.0 Å². The third-order valence-electron chi connectivity index (χ3n) is 4.03. The largest absolute Gasteiger partial charge is 0.322 e. The Labute approximate surface area is 140 Å². The quantitative estimate of drug-likeness (QED) is 0.888. The zero-order valence-electron chi connectivity index (χ0n) is 13.3. The molecule has 1 amide bonds. The predicted octanol–water partition coefficient (Wildman–Crippen LogP) is 1.88. The summed E-state index contributed by atoms with van der Waals surface area (Å²) in [5, 5.41) is 9.08. The number of nitriles is 1. The Morgan fingerprint density at radius 1 is 1.70 bits per heavy atom. The van der Waals surface area contributed by atoms with Gasteiger partial charge in [-0.1, -0.05) is 6.07 Å². The zero-order valence-corrected chi connectivity index (χ0v) is 14.1. The molecule has 2 N–H and O–H groups in total. The van der Waals surface area contributed by atoms with Crippen LogP contribution in [0.25, 0.3) is 0 Å². The third-order valence-corrected chi connectivity index (χ3v) is 5.51. The standard InChI is InChI=1S/C16H21FN4OS/c1-16(2,23-10-11-4-3-5-20-8-11)14(19)15(22)21-9-12(17)6-13(21)7-18/h3-5,8,12-14H,6,9-10,19H2,1-2H3. The van der Waals surface area contributed by atoms with E-state index in [2.05, 4.69) is 4.98 Å². The second-order valence-corrected chi connectivity index (χ2v) is 7.83. The highest BCUT2D eigenvalue weighted by molar-refractivity contribution is 7.99. The summed E-state index contributed by atoms with van der Waals surface area (Å²) in [6.07, 6.45) is 2.40. The Morgan fingerprint density at radius 2 is 2.43 bits per heavy atom. The van der Waals surface area contributed by atoms with Crippen LogP contribution in [0.5, 0.6) is 0 Å². The summed E-state index contributed by atoms with van der Waals surface area (Å²) in [7, 11) is 0. The number of thioether (sulfide) groups is 1. The Bertz CT molecular complexity index is 589. The fraction of sp³-hybridized carbons (Fsp3) is 0.562. The lowest BCUT2D eigenvalue weighted by atomic mass is 10.0. The van der Waals surface area contributed by atoms with Gasteiger partial charge in [-0.3, -0.25) is 9.78 Å². The molecule has 0 aliphatic carbocycles. The number of hydrogen-bond acceptors (Lipinski definition) is 5. The van der Waals surface area contributed by atoms with Gasteiger partial charge in [0.05, 0.1) is 18.7 Å². The van der Waals surface area contributed by atoms with E-state index < -0.39 is 23.0 Å². The number of carbonyl (C=O) groups excluding carboxylic acids is 1. The number of likely N-dealkylation sites (tertiary alicyclic amines) is 1. The molecule has 2 rings (SSSR count). The van der Waals surface area contributed by atoms with E-state index in [4.69, 9.17) is 11.0 Å². The highest BCUT2D eigenvalue weighted by Gasteiger charge is 2.42. The van der Waals surface area contributed by atoms with Gasteiger partial charge in [0.1, 0.15) is 12.2 Å². The van der Waals surface area contributed by atoms with E-state index >= 15 is 0 Å². The number of pyridine rings is 1. The van der Waals surface area contributed by atoms with E-state index in [1.54, 1.807) is 24.2 Å². The number of alkyl halides is 1. The SMILES string of the molecule is CC(C)(SCc1cccnc1)C(N)C(=O)N1CC(F)CC1C#N. The van der Waals surface area contributed by atoms with E-state index in [1.807, 2.05) is 32.0 Å². The van der Waals surface area contributed by atoms with Gasteiger partial charge in [-0.2, -0.15) is 5.26 Å². The second-order valence-electron chi connectivity index (χ2n) is 6.20. The molecule has 3 unspecified atom stereocenters. The fourth-order valence-electron chi connectivity index (χ4n) is 2.47. The van der Waals surface area contributed by atoms with Gasteiger partial charge in [-0.25, -0.2) is 4.39 Å². The molecule has 0 bridgehead atoms. The molecule has 1 fully saturated rings. The molecule has 5 nitrogen and oxygen atoms in total. The minimum absolute atomic E-state index is 0.0475. The Hall–Kier alpha value is -1.65. The third kappa shape index (κ3) is 4.21. The van der Waals surface area contributed by atoms with Crippen molar-refractivity contribution in [3.8, 4) is 6.07 Å². The maximum atomic E-state index is 13.5. The van der Waals surface area contributed by atoms with Crippen molar-refractivity contribution in [2.24, 2.45) is 5.73 Å². The summed E-state index contributed by atoms with van der Waals surface area (Å²) in [6.45, 7) is 3.73. The van der Waals surface area contributed by atoms with E-state index in [0.29, 0.717) is 5.75 Å². The van der Waals surface area contributed by atoms with Gasteiger partial charge in [0.2, 0.25) is 5.91 Å².